The monoisotopic (exact) mass is 255 g/mol. The van der Waals surface area contributed by atoms with E-state index < -0.39 is 0 Å². The molecule has 0 fully saturated rings. The summed E-state index contributed by atoms with van der Waals surface area (Å²) in [5.41, 5.74) is 1.08. The summed E-state index contributed by atoms with van der Waals surface area (Å²) in [4.78, 5) is 0. The van der Waals surface area contributed by atoms with E-state index in [1.54, 1.807) is 12.1 Å². The summed E-state index contributed by atoms with van der Waals surface area (Å²) in [6.07, 6.45) is 5.31. The first-order chi connectivity index (χ1) is 8.26. The van der Waals surface area contributed by atoms with Crippen LogP contribution in [0, 0.1) is 5.82 Å². The minimum absolute atomic E-state index is 0.137. The molecule has 0 aromatic heterocycles. The quantitative estimate of drug-likeness (QED) is 0.763. The van der Waals surface area contributed by atoms with E-state index in [0.717, 1.165) is 37.1 Å². The van der Waals surface area contributed by atoms with E-state index in [-0.39, 0.29) is 5.82 Å². The molecule has 1 unspecified atom stereocenters. The second kappa shape index (κ2) is 8.54. The molecule has 0 spiro atoms. The third-order valence-electron chi connectivity index (χ3n) is 2.72. The van der Waals surface area contributed by atoms with Crippen LogP contribution in [0.5, 0.6) is 0 Å². The SMILES string of the molecule is CCCNC(CCSC)Cc1cccc(F)c1. The zero-order chi connectivity index (χ0) is 12.5. The molecule has 0 saturated carbocycles. The Morgan fingerprint density at radius 1 is 1.41 bits per heavy atom. The van der Waals surface area contributed by atoms with Crippen LogP contribution < -0.4 is 5.32 Å². The summed E-state index contributed by atoms with van der Waals surface area (Å²) in [5, 5.41) is 3.54. The van der Waals surface area contributed by atoms with Crippen molar-refractivity contribution >= 4 is 11.8 Å². The molecule has 1 aromatic rings. The summed E-state index contributed by atoms with van der Waals surface area (Å²) in [6.45, 7) is 3.20. The van der Waals surface area contributed by atoms with Gasteiger partial charge in [-0.15, -0.1) is 0 Å². The molecule has 1 nitrogen and oxygen atoms in total. The van der Waals surface area contributed by atoms with Crippen LogP contribution in [-0.2, 0) is 6.42 Å². The van der Waals surface area contributed by atoms with Crippen LogP contribution in [-0.4, -0.2) is 24.6 Å². The Balaban J connectivity index is 2.51. The molecule has 0 bridgehead atoms. The van der Waals surface area contributed by atoms with Crippen molar-refractivity contribution in [3.8, 4) is 0 Å². The summed E-state index contributed by atoms with van der Waals surface area (Å²) < 4.78 is 13.1. The standard InChI is InChI=1S/C14H22FNS/c1-3-8-16-14(7-9-17-2)11-12-5-4-6-13(15)10-12/h4-6,10,14,16H,3,7-9,11H2,1-2H3. The normalized spacial score (nSPS) is 12.6. The van der Waals surface area contributed by atoms with Crippen molar-refractivity contribution < 1.29 is 4.39 Å². The molecular weight excluding hydrogens is 233 g/mol. The molecule has 96 valence electrons. The van der Waals surface area contributed by atoms with Gasteiger partial charge in [-0.25, -0.2) is 4.39 Å². The Hall–Kier alpha value is -0.540. The van der Waals surface area contributed by atoms with E-state index in [2.05, 4.69) is 18.5 Å². The van der Waals surface area contributed by atoms with Gasteiger partial charge in [0.2, 0.25) is 0 Å². The van der Waals surface area contributed by atoms with E-state index in [9.17, 15) is 4.39 Å². The first-order valence-electron chi connectivity index (χ1n) is 6.23. The Morgan fingerprint density at radius 2 is 2.24 bits per heavy atom. The smallest absolute Gasteiger partial charge is 0.123 e. The second-order valence-electron chi connectivity index (χ2n) is 4.27. The van der Waals surface area contributed by atoms with Crippen molar-refractivity contribution in [2.45, 2.75) is 32.2 Å². The third kappa shape index (κ3) is 6.08. The molecular formula is C14H22FNS. The molecule has 0 aliphatic carbocycles. The van der Waals surface area contributed by atoms with Crippen molar-refractivity contribution in [3.63, 3.8) is 0 Å². The summed E-state index contributed by atoms with van der Waals surface area (Å²) in [6, 6.07) is 7.39. The zero-order valence-corrected chi connectivity index (χ0v) is 11.5. The number of rotatable bonds is 8. The van der Waals surface area contributed by atoms with E-state index in [1.807, 2.05) is 17.8 Å². The zero-order valence-electron chi connectivity index (χ0n) is 10.7. The fourth-order valence-electron chi connectivity index (χ4n) is 1.83. The molecule has 0 radical (unpaired) electrons. The fraction of sp³-hybridized carbons (Fsp3) is 0.571. The number of benzene rings is 1. The molecule has 0 aliphatic rings. The molecule has 0 aliphatic heterocycles. The largest absolute Gasteiger partial charge is 0.314 e. The van der Waals surface area contributed by atoms with Gasteiger partial charge in [0.25, 0.3) is 0 Å². The van der Waals surface area contributed by atoms with Crippen LogP contribution in [0.2, 0.25) is 0 Å². The molecule has 1 N–H and O–H groups in total. The van der Waals surface area contributed by atoms with Gasteiger partial charge in [-0.1, -0.05) is 19.1 Å². The van der Waals surface area contributed by atoms with Crippen molar-refractivity contribution in [2.75, 3.05) is 18.6 Å². The van der Waals surface area contributed by atoms with Gasteiger partial charge in [0.15, 0.2) is 0 Å². The van der Waals surface area contributed by atoms with Gasteiger partial charge in [-0.05, 0) is 55.5 Å². The first kappa shape index (κ1) is 14.5. The molecule has 0 saturated heterocycles. The van der Waals surface area contributed by atoms with Crippen LogP contribution in [0.25, 0.3) is 0 Å². The Labute approximate surface area is 108 Å². The molecule has 0 heterocycles. The average molecular weight is 255 g/mol. The number of halogens is 1. The predicted molar refractivity (Wildman–Crippen MR) is 75.2 cm³/mol. The van der Waals surface area contributed by atoms with Crippen LogP contribution in [0.3, 0.4) is 0 Å². The van der Waals surface area contributed by atoms with Gasteiger partial charge in [0.1, 0.15) is 5.82 Å². The Bertz CT molecular complexity index is 309. The van der Waals surface area contributed by atoms with Crippen molar-refractivity contribution in [2.24, 2.45) is 0 Å². The van der Waals surface area contributed by atoms with Gasteiger partial charge < -0.3 is 5.32 Å². The van der Waals surface area contributed by atoms with E-state index >= 15 is 0 Å². The Kier molecular flexibility index (Phi) is 7.29. The lowest BCUT2D eigenvalue weighted by molar-refractivity contribution is 0.496. The minimum Gasteiger partial charge on any atom is -0.314 e. The lowest BCUT2D eigenvalue weighted by atomic mass is 10.0. The van der Waals surface area contributed by atoms with Gasteiger partial charge in [-0.2, -0.15) is 11.8 Å². The van der Waals surface area contributed by atoms with Crippen LogP contribution in [0.1, 0.15) is 25.3 Å². The first-order valence-corrected chi connectivity index (χ1v) is 7.62. The van der Waals surface area contributed by atoms with E-state index in [1.165, 1.54) is 6.07 Å². The molecule has 0 amide bonds. The minimum atomic E-state index is -0.137. The highest BCUT2D eigenvalue weighted by Gasteiger charge is 2.08. The highest BCUT2D eigenvalue weighted by Crippen LogP contribution is 2.10. The van der Waals surface area contributed by atoms with Gasteiger partial charge >= 0.3 is 0 Å². The third-order valence-corrected chi connectivity index (χ3v) is 3.37. The molecule has 3 heteroatoms. The van der Waals surface area contributed by atoms with E-state index in [0.29, 0.717) is 6.04 Å². The number of hydrogen-bond acceptors (Lipinski definition) is 2. The van der Waals surface area contributed by atoms with Crippen molar-refractivity contribution in [1.82, 2.24) is 5.32 Å². The van der Waals surface area contributed by atoms with Crippen LogP contribution >= 0.6 is 11.8 Å². The average Bonchev–Trinajstić information content (AvgIpc) is 2.32. The number of nitrogens with one attached hydrogen (secondary N) is 1. The van der Waals surface area contributed by atoms with Crippen molar-refractivity contribution in [3.05, 3.63) is 35.6 Å². The number of thioether (sulfide) groups is 1. The Morgan fingerprint density at radius 3 is 2.88 bits per heavy atom. The van der Waals surface area contributed by atoms with Crippen LogP contribution in [0.15, 0.2) is 24.3 Å². The molecule has 1 rings (SSSR count). The molecule has 1 aromatic carbocycles. The lowest BCUT2D eigenvalue weighted by Crippen LogP contribution is -2.32. The summed E-state index contributed by atoms with van der Waals surface area (Å²) >= 11 is 1.86. The highest BCUT2D eigenvalue weighted by atomic mass is 32.2. The maximum Gasteiger partial charge on any atom is 0.123 e. The number of hydrogen-bond donors (Lipinski definition) is 1. The topological polar surface area (TPSA) is 12.0 Å². The van der Waals surface area contributed by atoms with Gasteiger partial charge in [0.05, 0.1) is 0 Å². The van der Waals surface area contributed by atoms with Crippen molar-refractivity contribution in [1.29, 1.82) is 0 Å². The predicted octanol–water partition coefficient (Wildman–Crippen LogP) is 3.49. The molecule has 17 heavy (non-hydrogen) atoms. The van der Waals surface area contributed by atoms with Gasteiger partial charge in [0, 0.05) is 6.04 Å². The lowest BCUT2D eigenvalue weighted by Gasteiger charge is -2.18. The van der Waals surface area contributed by atoms with Crippen LogP contribution in [0.4, 0.5) is 4.39 Å². The fourth-order valence-corrected chi connectivity index (χ4v) is 2.35. The highest BCUT2D eigenvalue weighted by molar-refractivity contribution is 7.98. The van der Waals surface area contributed by atoms with E-state index in [4.69, 9.17) is 0 Å². The summed E-state index contributed by atoms with van der Waals surface area (Å²) in [7, 11) is 0. The van der Waals surface area contributed by atoms with Gasteiger partial charge in [-0.3, -0.25) is 0 Å². The maximum atomic E-state index is 13.1. The maximum absolute atomic E-state index is 13.1. The second-order valence-corrected chi connectivity index (χ2v) is 5.25. The molecule has 1 atom stereocenters. The summed E-state index contributed by atoms with van der Waals surface area (Å²) in [5.74, 6) is 1.01.